The van der Waals surface area contributed by atoms with Gasteiger partial charge in [0, 0.05) is 11.5 Å². The molecule has 4 heterocycles. The Morgan fingerprint density at radius 3 is 3.04 bits per heavy atom. The maximum atomic E-state index is 12.0. The molecular weight excluding hydrogens is 372 g/mol. The van der Waals surface area contributed by atoms with Gasteiger partial charge in [0.05, 0.1) is 23.8 Å². The van der Waals surface area contributed by atoms with Crippen molar-refractivity contribution in [3.63, 3.8) is 0 Å². The highest BCUT2D eigenvalue weighted by atomic mass is 32.2. The summed E-state index contributed by atoms with van der Waals surface area (Å²) in [6.07, 6.45) is 2.08. The average Bonchev–Trinajstić information content (AvgIpc) is 3.30. The van der Waals surface area contributed by atoms with E-state index in [0.29, 0.717) is 29.1 Å². The van der Waals surface area contributed by atoms with Crippen LogP contribution in [0.5, 0.6) is 0 Å². The van der Waals surface area contributed by atoms with Crippen molar-refractivity contribution in [2.75, 3.05) is 12.3 Å². The third-order valence-electron chi connectivity index (χ3n) is 4.57. The van der Waals surface area contributed by atoms with E-state index in [1.807, 2.05) is 6.92 Å². The van der Waals surface area contributed by atoms with Crippen LogP contribution in [0.4, 0.5) is 5.82 Å². The quantitative estimate of drug-likeness (QED) is 0.640. The Morgan fingerprint density at radius 2 is 2.27 bits per heavy atom. The van der Waals surface area contributed by atoms with Crippen LogP contribution in [0.1, 0.15) is 29.1 Å². The zero-order valence-electron chi connectivity index (χ0n) is 14.6. The summed E-state index contributed by atoms with van der Waals surface area (Å²) in [6.45, 7) is 5.37. The number of H-pyrrole nitrogens is 1. The number of nitrogen functional groups attached to an aromatic ring is 1. The minimum Gasteiger partial charge on any atom is -0.383 e. The van der Waals surface area contributed by atoms with Gasteiger partial charge in [0.2, 0.25) is 0 Å². The van der Waals surface area contributed by atoms with E-state index < -0.39 is 0 Å². The molecule has 26 heavy (non-hydrogen) atoms. The van der Waals surface area contributed by atoms with E-state index in [9.17, 15) is 4.79 Å². The lowest BCUT2D eigenvalue weighted by Gasteiger charge is -2.10. The molecule has 3 aromatic heterocycles. The first-order valence-corrected chi connectivity index (χ1v) is 10.2. The normalized spacial score (nSPS) is 17.4. The number of thioether (sulfide) groups is 1. The van der Waals surface area contributed by atoms with E-state index in [-0.39, 0.29) is 11.8 Å². The van der Waals surface area contributed by atoms with E-state index in [0.717, 1.165) is 35.2 Å². The van der Waals surface area contributed by atoms with Crippen LogP contribution >= 0.6 is 23.1 Å². The molecule has 10 heteroatoms. The van der Waals surface area contributed by atoms with Gasteiger partial charge >= 0.3 is 5.69 Å². The SMILES string of the molecule is Cc1sc2nc(CSc3n[nH]c(=O)n3C[C@@H]3CCCO3)nc(N)c2c1C. The van der Waals surface area contributed by atoms with Gasteiger partial charge in [-0.25, -0.2) is 19.9 Å². The maximum absolute atomic E-state index is 12.0. The van der Waals surface area contributed by atoms with Crippen LogP contribution in [-0.2, 0) is 17.0 Å². The summed E-state index contributed by atoms with van der Waals surface area (Å²) in [5, 5.41) is 8.20. The van der Waals surface area contributed by atoms with Crippen LogP contribution in [0.2, 0.25) is 0 Å². The lowest BCUT2D eigenvalue weighted by molar-refractivity contribution is 0.0941. The van der Waals surface area contributed by atoms with Crippen LogP contribution in [0.25, 0.3) is 10.2 Å². The number of aryl methyl sites for hydroxylation is 2. The second-order valence-corrected chi connectivity index (χ2v) is 8.48. The molecule has 0 amide bonds. The average molecular weight is 393 g/mol. The van der Waals surface area contributed by atoms with Crippen LogP contribution in [0.15, 0.2) is 9.95 Å². The van der Waals surface area contributed by atoms with Gasteiger partial charge in [-0.3, -0.25) is 4.57 Å². The predicted octanol–water partition coefficient (Wildman–Crippen LogP) is 2.25. The first-order valence-electron chi connectivity index (χ1n) is 8.44. The van der Waals surface area contributed by atoms with Crippen LogP contribution in [0.3, 0.4) is 0 Å². The molecular formula is C16H20N6O2S2. The number of rotatable bonds is 5. The molecule has 0 saturated carbocycles. The lowest BCUT2D eigenvalue weighted by Crippen LogP contribution is -2.25. The van der Waals surface area contributed by atoms with Crippen LogP contribution in [-0.4, -0.2) is 37.4 Å². The summed E-state index contributed by atoms with van der Waals surface area (Å²) >= 11 is 3.05. The maximum Gasteiger partial charge on any atom is 0.344 e. The molecule has 0 aromatic carbocycles. The standard InChI is InChI=1S/C16H20N6O2S2/c1-8-9(2)26-14-12(8)13(17)18-11(19-14)7-25-16-21-20-15(23)22(16)6-10-4-3-5-24-10/h10H,3-7H2,1-2H3,(H,20,23)(H2,17,18,19)/t10-/m0/s1. The van der Waals surface area contributed by atoms with Gasteiger partial charge in [-0.05, 0) is 32.3 Å². The molecule has 1 saturated heterocycles. The number of thiophene rings is 1. The number of nitrogens with zero attached hydrogens (tertiary/aromatic N) is 4. The van der Waals surface area contributed by atoms with Crippen molar-refractivity contribution in [2.45, 2.75) is 50.2 Å². The molecule has 138 valence electrons. The summed E-state index contributed by atoms with van der Waals surface area (Å²) in [7, 11) is 0. The van der Waals surface area contributed by atoms with Crippen molar-refractivity contribution in [1.29, 1.82) is 0 Å². The fourth-order valence-electron chi connectivity index (χ4n) is 3.09. The fraction of sp³-hybridized carbons (Fsp3) is 0.500. The summed E-state index contributed by atoms with van der Waals surface area (Å²) in [4.78, 5) is 23.2. The van der Waals surface area contributed by atoms with Crippen molar-refractivity contribution in [3.05, 3.63) is 26.7 Å². The largest absolute Gasteiger partial charge is 0.383 e. The van der Waals surface area contributed by atoms with Gasteiger partial charge in [0.25, 0.3) is 0 Å². The minimum absolute atomic E-state index is 0.0740. The Hall–Kier alpha value is -1.91. The Balaban J connectivity index is 1.54. The molecule has 1 aliphatic rings. The van der Waals surface area contributed by atoms with Crippen molar-refractivity contribution < 1.29 is 4.74 Å². The summed E-state index contributed by atoms with van der Waals surface area (Å²) in [5.41, 5.74) is 7.06. The number of aromatic nitrogens is 5. The monoisotopic (exact) mass is 392 g/mol. The Morgan fingerprint density at radius 1 is 1.42 bits per heavy atom. The lowest BCUT2D eigenvalue weighted by atomic mass is 10.2. The molecule has 4 rings (SSSR count). The Labute approximate surface area is 158 Å². The predicted molar refractivity (Wildman–Crippen MR) is 103 cm³/mol. The zero-order valence-corrected chi connectivity index (χ0v) is 16.2. The highest BCUT2D eigenvalue weighted by Crippen LogP contribution is 2.32. The van der Waals surface area contributed by atoms with E-state index in [1.165, 1.54) is 16.6 Å². The second kappa shape index (κ2) is 7.01. The summed E-state index contributed by atoms with van der Waals surface area (Å²) < 4.78 is 7.25. The molecule has 0 unspecified atom stereocenters. The third-order valence-corrected chi connectivity index (χ3v) is 6.64. The molecule has 1 atom stereocenters. The van der Waals surface area contributed by atoms with E-state index in [1.54, 1.807) is 15.9 Å². The number of nitrogens with two attached hydrogens (primary N) is 1. The Kier molecular flexibility index (Phi) is 4.72. The molecule has 0 bridgehead atoms. The molecule has 0 aliphatic carbocycles. The minimum atomic E-state index is -0.219. The first-order chi connectivity index (χ1) is 12.5. The van der Waals surface area contributed by atoms with Crippen LogP contribution in [0, 0.1) is 13.8 Å². The first kappa shape index (κ1) is 17.5. The topological polar surface area (TPSA) is 112 Å². The number of hydrogen-bond donors (Lipinski definition) is 2. The third kappa shape index (κ3) is 3.24. The second-order valence-electron chi connectivity index (χ2n) is 6.33. The molecule has 1 aliphatic heterocycles. The van der Waals surface area contributed by atoms with E-state index >= 15 is 0 Å². The molecule has 8 nitrogen and oxygen atoms in total. The van der Waals surface area contributed by atoms with Crippen molar-refractivity contribution in [3.8, 4) is 0 Å². The summed E-state index contributed by atoms with van der Waals surface area (Å²) in [6, 6.07) is 0. The Bertz CT molecular complexity index is 1000. The van der Waals surface area contributed by atoms with E-state index in [4.69, 9.17) is 10.5 Å². The fourth-order valence-corrected chi connectivity index (χ4v) is 4.95. The van der Waals surface area contributed by atoms with Gasteiger partial charge in [-0.2, -0.15) is 0 Å². The number of ether oxygens (including phenoxy) is 1. The van der Waals surface area contributed by atoms with Gasteiger partial charge < -0.3 is 10.5 Å². The van der Waals surface area contributed by atoms with Crippen molar-refractivity contribution in [2.24, 2.45) is 0 Å². The number of nitrogens with one attached hydrogen (secondary N) is 1. The zero-order chi connectivity index (χ0) is 18.3. The van der Waals surface area contributed by atoms with Crippen molar-refractivity contribution in [1.82, 2.24) is 24.7 Å². The number of aromatic amines is 1. The molecule has 0 spiro atoms. The molecule has 3 aromatic rings. The summed E-state index contributed by atoms with van der Waals surface area (Å²) in [5.74, 6) is 1.64. The highest BCUT2D eigenvalue weighted by Gasteiger charge is 2.20. The molecule has 1 fully saturated rings. The van der Waals surface area contributed by atoms with Gasteiger partial charge in [-0.15, -0.1) is 16.4 Å². The molecule has 3 N–H and O–H groups in total. The highest BCUT2D eigenvalue weighted by molar-refractivity contribution is 7.98. The van der Waals surface area contributed by atoms with Gasteiger partial charge in [0.15, 0.2) is 5.16 Å². The van der Waals surface area contributed by atoms with E-state index in [2.05, 4.69) is 27.1 Å². The van der Waals surface area contributed by atoms with Crippen molar-refractivity contribution >= 4 is 39.1 Å². The number of anilines is 1. The number of fused-ring (bicyclic) bond motifs is 1. The van der Waals surface area contributed by atoms with Crippen LogP contribution < -0.4 is 11.4 Å². The smallest absolute Gasteiger partial charge is 0.344 e. The molecule has 0 radical (unpaired) electrons. The number of hydrogen-bond acceptors (Lipinski definition) is 8. The van der Waals surface area contributed by atoms with Gasteiger partial charge in [-0.1, -0.05) is 11.8 Å². The van der Waals surface area contributed by atoms with Gasteiger partial charge in [0.1, 0.15) is 16.5 Å².